The fourth-order valence-electron chi connectivity index (χ4n) is 2.82. The predicted molar refractivity (Wildman–Crippen MR) is 87.0 cm³/mol. The summed E-state index contributed by atoms with van der Waals surface area (Å²) >= 11 is 0. The van der Waals surface area contributed by atoms with E-state index < -0.39 is 0 Å². The number of rotatable bonds is 11. The van der Waals surface area contributed by atoms with Crippen LogP contribution in [0.4, 0.5) is 0 Å². The largest absolute Gasteiger partial charge is 0.256 e. The Kier molecular flexibility index (Phi) is 8.64. The third-order valence-electron chi connectivity index (χ3n) is 4.10. The van der Waals surface area contributed by atoms with Gasteiger partial charge in [-0.15, -0.1) is 0 Å². The molecule has 0 N–H and O–H groups in total. The Balaban J connectivity index is 2.47. The molecule has 116 valence electrons. The van der Waals surface area contributed by atoms with Crippen molar-refractivity contribution in [2.75, 3.05) is 0 Å². The standard InChI is InChI=1S/C18H35N2/c1-5-7-9-10-11-12-14-19-15-16-20(17(3)4)18(19)13-8-6-2/h15-17H,5-14H2,1-4H3/q+1. The summed E-state index contributed by atoms with van der Waals surface area (Å²) in [5, 5.41) is 0. The second kappa shape index (κ2) is 10.0. The van der Waals surface area contributed by atoms with Crippen LogP contribution in [0.1, 0.15) is 90.9 Å². The molecule has 0 amide bonds. The zero-order valence-electron chi connectivity index (χ0n) is 14.2. The van der Waals surface area contributed by atoms with Crippen LogP contribution in [0.3, 0.4) is 0 Å². The van der Waals surface area contributed by atoms with Crippen LogP contribution in [0.2, 0.25) is 0 Å². The summed E-state index contributed by atoms with van der Waals surface area (Å²) in [6, 6.07) is 0.577. The molecular weight excluding hydrogens is 244 g/mol. The van der Waals surface area contributed by atoms with Crippen molar-refractivity contribution in [1.82, 2.24) is 4.57 Å². The molecule has 0 bridgehead atoms. The van der Waals surface area contributed by atoms with Crippen LogP contribution in [0, 0.1) is 0 Å². The van der Waals surface area contributed by atoms with Gasteiger partial charge in [-0.3, -0.25) is 0 Å². The Hall–Kier alpha value is -0.790. The van der Waals surface area contributed by atoms with Gasteiger partial charge in [0.2, 0.25) is 0 Å². The van der Waals surface area contributed by atoms with E-state index in [1.807, 2.05) is 0 Å². The van der Waals surface area contributed by atoms with Crippen molar-refractivity contribution in [3.63, 3.8) is 0 Å². The van der Waals surface area contributed by atoms with Crippen molar-refractivity contribution in [3.8, 4) is 0 Å². The van der Waals surface area contributed by atoms with Crippen LogP contribution in [-0.4, -0.2) is 4.57 Å². The molecule has 0 spiro atoms. The summed E-state index contributed by atoms with van der Waals surface area (Å²) in [5.74, 6) is 1.52. The quantitative estimate of drug-likeness (QED) is 0.395. The highest BCUT2D eigenvalue weighted by Crippen LogP contribution is 2.11. The molecule has 1 aromatic heterocycles. The minimum Gasteiger partial charge on any atom is -0.234 e. The van der Waals surface area contributed by atoms with Crippen LogP contribution >= 0.6 is 0 Å². The van der Waals surface area contributed by atoms with E-state index >= 15 is 0 Å². The zero-order chi connectivity index (χ0) is 14.8. The molecule has 2 nitrogen and oxygen atoms in total. The smallest absolute Gasteiger partial charge is 0.234 e. The molecule has 0 saturated carbocycles. The molecule has 0 saturated heterocycles. The second-order valence-electron chi connectivity index (χ2n) is 6.28. The van der Waals surface area contributed by atoms with E-state index in [0.717, 1.165) is 0 Å². The van der Waals surface area contributed by atoms with Crippen molar-refractivity contribution >= 4 is 0 Å². The SMILES string of the molecule is CCCCCCCC[n+]1ccn(C(C)C)c1CCCC. The van der Waals surface area contributed by atoms with Gasteiger partial charge in [-0.25, -0.2) is 9.13 Å². The number of hydrogen-bond donors (Lipinski definition) is 0. The number of nitrogens with zero attached hydrogens (tertiary/aromatic N) is 2. The molecule has 0 aliphatic heterocycles. The van der Waals surface area contributed by atoms with E-state index in [-0.39, 0.29) is 0 Å². The maximum absolute atomic E-state index is 2.50. The van der Waals surface area contributed by atoms with Gasteiger partial charge in [-0.1, -0.05) is 46.0 Å². The van der Waals surface area contributed by atoms with Gasteiger partial charge in [0.25, 0.3) is 5.82 Å². The van der Waals surface area contributed by atoms with Gasteiger partial charge in [0.05, 0.1) is 12.6 Å². The first kappa shape index (κ1) is 17.3. The molecule has 0 radical (unpaired) electrons. The van der Waals surface area contributed by atoms with E-state index in [0.29, 0.717) is 6.04 Å². The first-order chi connectivity index (χ1) is 9.70. The summed E-state index contributed by atoms with van der Waals surface area (Å²) in [6.45, 7) is 10.3. The van der Waals surface area contributed by atoms with Gasteiger partial charge < -0.3 is 0 Å². The molecular formula is C18H35N2+. The number of imidazole rings is 1. The highest BCUT2D eigenvalue weighted by atomic mass is 15.2. The molecule has 0 fully saturated rings. The Morgan fingerprint density at radius 1 is 0.950 bits per heavy atom. The van der Waals surface area contributed by atoms with E-state index in [2.05, 4.69) is 49.2 Å². The summed E-state index contributed by atoms with van der Waals surface area (Å²) in [6.07, 6.45) is 16.6. The molecule has 1 aromatic rings. The van der Waals surface area contributed by atoms with E-state index in [9.17, 15) is 0 Å². The summed E-state index contributed by atoms with van der Waals surface area (Å²) < 4.78 is 4.95. The maximum Gasteiger partial charge on any atom is 0.256 e. The highest BCUT2D eigenvalue weighted by molar-refractivity contribution is 4.86. The van der Waals surface area contributed by atoms with Gasteiger partial charge >= 0.3 is 0 Å². The lowest BCUT2D eigenvalue weighted by atomic mass is 10.1. The van der Waals surface area contributed by atoms with Gasteiger partial charge in [-0.05, 0) is 33.1 Å². The summed E-state index contributed by atoms with van der Waals surface area (Å²) in [7, 11) is 0. The Morgan fingerprint density at radius 2 is 1.60 bits per heavy atom. The summed E-state index contributed by atoms with van der Waals surface area (Å²) in [4.78, 5) is 0. The first-order valence-corrected chi connectivity index (χ1v) is 8.79. The van der Waals surface area contributed by atoms with Gasteiger partial charge in [0, 0.05) is 6.42 Å². The van der Waals surface area contributed by atoms with Crippen LogP contribution in [0.25, 0.3) is 0 Å². The predicted octanol–water partition coefficient (Wildman–Crippen LogP) is 5.06. The van der Waals surface area contributed by atoms with Crippen LogP contribution in [-0.2, 0) is 13.0 Å². The maximum atomic E-state index is 2.50. The van der Waals surface area contributed by atoms with E-state index in [1.165, 1.54) is 70.2 Å². The van der Waals surface area contributed by atoms with Crippen LogP contribution in [0.15, 0.2) is 12.4 Å². The zero-order valence-corrected chi connectivity index (χ0v) is 14.2. The molecule has 0 aromatic carbocycles. The third kappa shape index (κ3) is 5.68. The molecule has 2 heteroatoms. The lowest BCUT2D eigenvalue weighted by molar-refractivity contribution is -0.704. The molecule has 20 heavy (non-hydrogen) atoms. The molecule has 0 unspecified atom stereocenters. The molecule has 1 rings (SSSR count). The Bertz CT molecular complexity index is 352. The fourth-order valence-corrected chi connectivity index (χ4v) is 2.82. The van der Waals surface area contributed by atoms with Crippen molar-refractivity contribution in [3.05, 3.63) is 18.2 Å². The normalized spacial score (nSPS) is 11.4. The lowest BCUT2D eigenvalue weighted by Gasteiger charge is -2.07. The molecule has 0 atom stereocenters. The van der Waals surface area contributed by atoms with Gasteiger partial charge in [0.1, 0.15) is 12.4 Å². The Morgan fingerprint density at radius 3 is 2.25 bits per heavy atom. The van der Waals surface area contributed by atoms with Gasteiger partial charge in [0.15, 0.2) is 0 Å². The number of unbranched alkanes of at least 4 members (excludes halogenated alkanes) is 6. The first-order valence-electron chi connectivity index (χ1n) is 8.79. The lowest BCUT2D eigenvalue weighted by Crippen LogP contribution is -2.37. The molecule has 1 heterocycles. The fraction of sp³-hybridized carbons (Fsp3) is 0.833. The average molecular weight is 279 g/mol. The molecule has 0 aliphatic carbocycles. The van der Waals surface area contributed by atoms with E-state index in [4.69, 9.17) is 0 Å². The van der Waals surface area contributed by atoms with Crippen molar-refractivity contribution in [2.45, 2.75) is 98.1 Å². The van der Waals surface area contributed by atoms with Crippen LogP contribution < -0.4 is 4.57 Å². The van der Waals surface area contributed by atoms with Crippen molar-refractivity contribution in [2.24, 2.45) is 0 Å². The van der Waals surface area contributed by atoms with Crippen molar-refractivity contribution in [1.29, 1.82) is 0 Å². The van der Waals surface area contributed by atoms with Crippen LogP contribution in [0.5, 0.6) is 0 Å². The van der Waals surface area contributed by atoms with Crippen molar-refractivity contribution < 1.29 is 4.57 Å². The highest BCUT2D eigenvalue weighted by Gasteiger charge is 2.18. The van der Waals surface area contributed by atoms with E-state index in [1.54, 1.807) is 0 Å². The number of aromatic nitrogens is 2. The molecule has 0 aliphatic rings. The number of aryl methyl sites for hydroxylation is 1. The minimum absolute atomic E-state index is 0.577. The summed E-state index contributed by atoms with van der Waals surface area (Å²) in [5.41, 5.74) is 0. The third-order valence-corrected chi connectivity index (χ3v) is 4.10. The van der Waals surface area contributed by atoms with Gasteiger partial charge in [-0.2, -0.15) is 0 Å². The second-order valence-corrected chi connectivity index (χ2v) is 6.28. The monoisotopic (exact) mass is 279 g/mol. The topological polar surface area (TPSA) is 8.81 Å². The Labute approximate surface area is 126 Å². The number of hydrogen-bond acceptors (Lipinski definition) is 0. The minimum atomic E-state index is 0.577. The average Bonchev–Trinajstić information content (AvgIpc) is 2.83.